The third kappa shape index (κ3) is 4.19. The Bertz CT molecular complexity index is 1460. The summed E-state index contributed by atoms with van der Waals surface area (Å²) in [4.78, 5) is 17.6. The highest BCUT2D eigenvalue weighted by molar-refractivity contribution is 5.50. The van der Waals surface area contributed by atoms with Crippen LogP contribution in [0.3, 0.4) is 0 Å². The molecule has 3 heterocycles. The maximum atomic E-state index is 14.7. The molecule has 2 unspecified atom stereocenters. The van der Waals surface area contributed by atoms with Gasteiger partial charge >= 0.3 is 0 Å². The summed E-state index contributed by atoms with van der Waals surface area (Å²) in [5, 5.41) is 11.1. The molecule has 1 N–H and O–H groups in total. The molecule has 2 aromatic carbocycles. The van der Waals surface area contributed by atoms with E-state index in [4.69, 9.17) is 9.47 Å². The minimum absolute atomic E-state index is 0.136. The number of halogens is 2. The molecule has 0 radical (unpaired) electrons. The number of pyridine rings is 1. The van der Waals surface area contributed by atoms with Gasteiger partial charge in [0.1, 0.15) is 29.2 Å². The van der Waals surface area contributed by atoms with Crippen molar-refractivity contribution in [3.05, 3.63) is 106 Å². The third-order valence-corrected chi connectivity index (χ3v) is 6.16. The van der Waals surface area contributed by atoms with E-state index in [0.29, 0.717) is 34.7 Å². The average molecular weight is 479 g/mol. The number of hydrogen-bond donors (Lipinski definition) is 1. The van der Waals surface area contributed by atoms with E-state index in [1.165, 1.54) is 29.9 Å². The van der Waals surface area contributed by atoms with Crippen LogP contribution in [0.5, 0.6) is 11.5 Å². The summed E-state index contributed by atoms with van der Waals surface area (Å²) in [7, 11) is 1.50. The van der Waals surface area contributed by atoms with Crippen molar-refractivity contribution in [2.24, 2.45) is 0 Å². The summed E-state index contributed by atoms with van der Waals surface area (Å²) in [6, 6.07) is 9.41. The number of aliphatic hydroxyl groups is 1. The van der Waals surface area contributed by atoms with Gasteiger partial charge in [-0.1, -0.05) is 6.07 Å². The number of hydrogen-bond acceptors (Lipinski definition) is 5. The molecule has 1 aliphatic rings. The second kappa shape index (κ2) is 8.99. The van der Waals surface area contributed by atoms with E-state index in [9.17, 15) is 18.7 Å². The van der Waals surface area contributed by atoms with Crippen LogP contribution in [-0.4, -0.2) is 32.9 Å². The zero-order valence-corrected chi connectivity index (χ0v) is 19.1. The molecule has 2 aromatic heterocycles. The van der Waals surface area contributed by atoms with Crippen molar-refractivity contribution in [1.29, 1.82) is 0 Å². The molecular formula is C26H23F2N3O4. The number of ether oxygens (including phenoxy) is 2. The minimum atomic E-state index is -1.41. The molecular weight excluding hydrogens is 456 g/mol. The predicted molar refractivity (Wildman–Crippen MR) is 124 cm³/mol. The van der Waals surface area contributed by atoms with Crippen LogP contribution in [0.15, 0.2) is 66.0 Å². The molecule has 0 amide bonds. The Labute approximate surface area is 199 Å². The molecule has 1 aliphatic heterocycles. The molecule has 0 spiro atoms. The summed E-state index contributed by atoms with van der Waals surface area (Å²) in [6.45, 7) is 2.15. The van der Waals surface area contributed by atoms with E-state index >= 15 is 0 Å². The maximum Gasteiger partial charge on any atom is 0.257 e. The molecule has 7 nitrogen and oxygen atoms in total. The maximum absolute atomic E-state index is 14.7. The smallest absolute Gasteiger partial charge is 0.257 e. The summed E-state index contributed by atoms with van der Waals surface area (Å²) in [5.41, 5.74) is 1.62. The van der Waals surface area contributed by atoms with Crippen molar-refractivity contribution < 1.29 is 23.4 Å². The van der Waals surface area contributed by atoms with E-state index in [-0.39, 0.29) is 12.2 Å². The Morgan fingerprint density at radius 1 is 1.14 bits per heavy atom. The van der Waals surface area contributed by atoms with Gasteiger partial charge in [-0.15, -0.1) is 0 Å². The number of benzene rings is 2. The Kier molecular flexibility index (Phi) is 5.86. The second-order valence-electron chi connectivity index (χ2n) is 8.42. The lowest BCUT2D eigenvalue weighted by Crippen LogP contribution is -2.32. The van der Waals surface area contributed by atoms with E-state index in [0.717, 1.165) is 18.0 Å². The topological polar surface area (TPSA) is 78.5 Å². The largest absolute Gasteiger partial charge is 0.495 e. The minimum Gasteiger partial charge on any atom is -0.495 e. The highest BCUT2D eigenvalue weighted by atomic mass is 19.1. The van der Waals surface area contributed by atoms with Gasteiger partial charge in [-0.3, -0.25) is 4.79 Å². The Morgan fingerprint density at radius 3 is 2.71 bits per heavy atom. The number of aromatic nitrogens is 3. The van der Waals surface area contributed by atoms with Crippen molar-refractivity contribution in [3.8, 4) is 17.2 Å². The first-order valence-electron chi connectivity index (χ1n) is 11.1. The van der Waals surface area contributed by atoms with Gasteiger partial charge in [0.05, 0.1) is 43.0 Å². The normalized spacial score (nSPS) is 15.9. The van der Waals surface area contributed by atoms with Crippen molar-refractivity contribution in [3.63, 3.8) is 0 Å². The third-order valence-electron chi connectivity index (χ3n) is 6.16. The van der Waals surface area contributed by atoms with Crippen LogP contribution in [0.2, 0.25) is 0 Å². The summed E-state index contributed by atoms with van der Waals surface area (Å²) < 4.78 is 42.7. The van der Waals surface area contributed by atoms with Gasteiger partial charge in [-0.05, 0) is 48.9 Å². The molecule has 0 aliphatic carbocycles. The molecule has 180 valence electrons. The lowest BCUT2D eigenvalue weighted by atomic mass is 9.98. The second-order valence-corrected chi connectivity index (χ2v) is 8.42. The number of rotatable bonds is 5. The first kappa shape index (κ1) is 22.8. The van der Waals surface area contributed by atoms with Crippen molar-refractivity contribution in [2.45, 2.75) is 25.5 Å². The highest BCUT2D eigenvalue weighted by Gasteiger charge is 2.27. The lowest BCUT2D eigenvalue weighted by Gasteiger charge is -2.28. The van der Waals surface area contributed by atoms with Crippen LogP contribution in [0.1, 0.15) is 41.0 Å². The fourth-order valence-corrected chi connectivity index (χ4v) is 4.46. The zero-order chi connectivity index (χ0) is 24.7. The molecule has 4 aromatic rings. The van der Waals surface area contributed by atoms with Crippen LogP contribution in [0.4, 0.5) is 8.78 Å². The van der Waals surface area contributed by atoms with Gasteiger partial charge in [0.2, 0.25) is 0 Å². The molecule has 0 saturated heterocycles. The molecule has 5 rings (SSSR count). The van der Waals surface area contributed by atoms with Gasteiger partial charge in [-0.2, -0.15) is 0 Å². The standard InChI is InChI=1S/C26H23F2N3O4/c1-15-12-30(14-29-15)22-5-3-16(9-24(22)34-2)25(32)20-11-18(28)13-31(26(20)33)21-7-8-35-23-6-4-17(27)10-19(21)23/h3-6,9-14,21,25,32H,7-8H2,1-2H3. The first-order chi connectivity index (χ1) is 16.9. The zero-order valence-electron chi connectivity index (χ0n) is 19.1. The Hall–Kier alpha value is -3.98. The van der Waals surface area contributed by atoms with Gasteiger partial charge in [-0.25, -0.2) is 13.8 Å². The van der Waals surface area contributed by atoms with Crippen LogP contribution >= 0.6 is 0 Å². The molecule has 0 saturated carbocycles. The number of fused-ring (bicyclic) bond motifs is 1. The highest BCUT2D eigenvalue weighted by Crippen LogP contribution is 2.35. The van der Waals surface area contributed by atoms with Gasteiger partial charge in [0, 0.05) is 24.4 Å². The Balaban J connectivity index is 1.56. The fraction of sp³-hybridized carbons (Fsp3) is 0.231. The number of nitrogens with zero attached hydrogens (tertiary/aromatic N) is 3. The van der Waals surface area contributed by atoms with Crippen LogP contribution in [0, 0.1) is 18.6 Å². The quantitative estimate of drug-likeness (QED) is 0.467. The molecule has 0 fully saturated rings. The lowest BCUT2D eigenvalue weighted by molar-refractivity contribution is 0.214. The monoisotopic (exact) mass is 479 g/mol. The van der Waals surface area contributed by atoms with Gasteiger partial charge in [0.15, 0.2) is 0 Å². The van der Waals surface area contributed by atoms with Crippen molar-refractivity contribution >= 4 is 0 Å². The molecule has 0 bridgehead atoms. The average Bonchev–Trinajstić information content (AvgIpc) is 3.30. The Morgan fingerprint density at radius 2 is 1.97 bits per heavy atom. The number of aryl methyl sites for hydroxylation is 1. The predicted octanol–water partition coefficient (Wildman–Crippen LogP) is 4.08. The molecule has 9 heteroatoms. The van der Waals surface area contributed by atoms with Gasteiger partial charge in [0.25, 0.3) is 5.56 Å². The molecule has 35 heavy (non-hydrogen) atoms. The van der Waals surface area contributed by atoms with Crippen molar-refractivity contribution in [1.82, 2.24) is 14.1 Å². The number of imidazole rings is 1. The van der Waals surface area contributed by atoms with Crippen LogP contribution in [0.25, 0.3) is 5.69 Å². The van der Waals surface area contributed by atoms with Crippen LogP contribution in [-0.2, 0) is 0 Å². The van der Waals surface area contributed by atoms with Crippen molar-refractivity contribution in [2.75, 3.05) is 13.7 Å². The first-order valence-corrected chi connectivity index (χ1v) is 11.1. The van der Waals surface area contributed by atoms with E-state index < -0.39 is 29.3 Å². The van der Waals surface area contributed by atoms with E-state index in [1.807, 2.05) is 13.1 Å². The number of methoxy groups -OCH3 is 1. The summed E-state index contributed by atoms with van der Waals surface area (Å²) in [5.74, 6) is -0.287. The van der Waals surface area contributed by atoms with E-state index in [1.54, 1.807) is 29.1 Å². The van der Waals surface area contributed by atoms with Gasteiger partial charge < -0.3 is 23.7 Å². The van der Waals surface area contributed by atoms with E-state index in [2.05, 4.69) is 4.98 Å². The summed E-state index contributed by atoms with van der Waals surface area (Å²) >= 11 is 0. The van der Waals surface area contributed by atoms with Crippen LogP contribution < -0.4 is 15.0 Å². The number of aliphatic hydroxyl groups excluding tert-OH is 1. The SMILES string of the molecule is COc1cc(C(O)c2cc(F)cn(C3CCOc4ccc(F)cc43)c2=O)ccc1-n1cnc(C)c1. The molecule has 2 atom stereocenters. The fourth-order valence-electron chi connectivity index (χ4n) is 4.46. The summed E-state index contributed by atoms with van der Waals surface area (Å²) in [6.07, 6.45) is 3.48.